The molecule has 0 aromatic heterocycles. The number of ether oxygens (including phenoxy) is 1. The largest absolute Gasteiger partial charge is 0.495 e. The van der Waals surface area contributed by atoms with E-state index in [4.69, 9.17) is 4.74 Å². The highest BCUT2D eigenvalue weighted by molar-refractivity contribution is 7.92. The van der Waals surface area contributed by atoms with Gasteiger partial charge in [-0.25, -0.2) is 12.8 Å². The maximum atomic E-state index is 14.0. The number of rotatable bonds is 11. The van der Waals surface area contributed by atoms with Gasteiger partial charge < -0.3 is 15.0 Å². The molecule has 10 heteroatoms. The zero-order valence-corrected chi connectivity index (χ0v) is 24.5. The van der Waals surface area contributed by atoms with Gasteiger partial charge in [-0.15, -0.1) is 0 Å². The molecule has 1 unspecified atom stereocenters. The van der Waals surface area contributed by atoms with E-state index >= 15 is 0 Å². The molecule has 40 heavy (non-hydrogen) atoms. The molecule has 0 spiro atoms. The number of carbonyl (C=O) groups excluding carboxylic acids is 2. The van der Waals surface area contributed by atoms with Gasteiger partial charge in [0.15, 0.2) is 0 Å². The lowest BCUT2D eigenvalue weighted by molar-refractivity contribution is -0.139. The third-order valence-corrected chi connectivity index (χ3v) is 8.13. The van der Waals surface area contributed by atoms with E-state index in [0.29, 0.717) is 5.56 Å². The monoisotopic (exact) mass is 569 g/mol. The number of hydrogen-bond donors (Lipinski definition) is 1. The van der Waals surface area contributed by atoms with Gasteiger partial charge in [-0.2, -0.15) is 0 Å². The molecule has 0 aliphatic heterocycles. The summed E-state index contributed by atoms with van der Waals surface area (Å²) in [5.41, 5.74) is 2.42. The van der Waals surface area contributed by atoms with Gasteiger partial charge in [0, 0.05) is 12.6 Å². The highest BCUT2D eigenvalue weighted by atomic mass is 32.2. The predicted octanol–water partition coefficient (Wildman–Crippen LogP) is 4.59. The molecule has 2 amide bonds. The van der Waals surface area contributed by atoms with Gasteiger partial charge in [-0.3, -0.25) is 13.9 Å². The molecule has 3 aromatic carbocycles. The average Bonchev–Trinajstić information content (AvgIpc) is 2.90. The summed E-state index contributed by atoms with van der Waals surface area (Å²) in [5.74, 6) is -1.18. The van der Waals surface area contributed by atoms with Crippen LogP contribution in [0.3, 0.4) is 0 Å². The summed E-state index contributed by atoms with van der Waals surface area (Å²) in [5, 5.41) is 2.80. The number of carbonyl (C=O) groups is 2. The maximum Gasteiger partial charge on any atom is 0.264 e. The predicted molar refractivity (Wildman–Crippen MR) is 153 cm³/mol. The number of nitrogens with one attached hydrogen (secondary N) is 1. The minimum absolute atomic E-state index is 0.00476. The Morgan fingerprint density at radius 1 is 0.925 bits per heavy atom. The van der Waals surface area contributed by atoms with Crippen molar-refractivity contribution in [2.24, 2.45) is 0 Å². The Bertz CT molecular complexity index is 1440. The van der Waals surface area contributed by atoms with Crippen LogP contribution in [0.15, 0.2) is 71.6 Å². The molecule has 0 bridgehead atoms. The molecule has 0 saturated carbocycles. The highest BCUT2D eigenvalue weighted by Crippen LogP contribution is 2.34. The average molecular weight is 570 g/mol. The molecular formula is C30H36FN3O5S. The van der Waals surface area contributed by atoms with E-state index < -0.39 is 40.2 Å². The van der Waals surface area contributed by atoms with Crippen LogP contribution in [0.4, 0.5) is 10.1 Å². The lowest BCUT2D eigenvalue weighted by Gasteiger charge is -2.32. The first kappa shape index (κ1) is 30.6. The lowest BCUT2D eigenvalue weighted by atomic mass is 10.1. The van der Waals surface area contributed by atoms with Crippen molar-refractivity contribution >= 4 is 27.5 Å². The van der Waals surface area contributed by atoms with Crippen molar-refractivity contribution in [3.63, 3.8) is 0 Å². The molecule has 0 radical (unpaired) electrons. The Kier molecular flexibility index (Phi) is 9.92. The molecule has 3 rings (SSSR count). The van der Waals surface area contributed by atoms with E-state index in [9.17, 15) is 22.4 Å². The van der Waals surface area contributed by atoms with Crippen molar-refractivity contribution in [1.82, 2.24) is 10.2 Å². The summed E-state index contributed by atoms with van der Waals surface area (Å²) in [6, 6.07) is 15.8. The first-order valence-corrected chi connectivity index (χ1v) is 14.4. The summed E-state index contributed by atoms with van der Waals surface area (Å²) in [4.78, 5) is 28.3. The Hall–Kier alpha value is -3.92. The zero-order valence-electron chi connectivity index (χ0n) is 23.6. The molecular weight excluding hydrogens is 533 g/mol. The number of methoxy groups -OCH3 is 1. The minimum atomic E-state index is -4.24. The first-order chi connectivity index (χ1) is 18.8. The van der Waals surface area contributed by atoms with Crippen molar-refractivity contribution in [2.45, 2.75) is 58.1 Å². The molecule has 1 N–H and O–H groups in total. The zero-order chi connectivity index (χ0) is 29.6. The molecule has 3 aromatic rings. The summed E-state index contributed by atoms with van der Waals surface area (Å²) < 4.78 is 48.1. The van der Waals surface area contributed by atoms with Crippen molar-refractivity contribution in [2.75, 3.05) is 18.0 Å². The Morgan fingerprint density at radius 3 is 2.10 bits per heavy atom. The fourth-order valence-corrected chi connectivity index (χ4v) is 5.54. The topological polar surface area (TPSA) is 96.0 Å². The van der Waals surface area contributed by atoms with Gasteiger partial charge in [0.25, 0.3) is 10.0 Å². The van der Waals surface area contributed by atoms with Crippen molar-refractivity contribution in [3.8, 4) is 5.75 Å². The molecule has 0 aliphatic carbocycles. The molecule has 0 heterocycles. The molecule has 0 fully saturated rings. The standard InChI is InChI=1S/C30H36FN3O5S/c1-20(2)32-30(36)23(5)33(18-24-10-12-25(31)13-11-24)29(35)19-34(27-17-22(4)9-16-28(27)39-6)40(37,38)26-14-7-21(3)8-15-26/h7-17,20,23H,18-19H2,1-6H3,(H,32,36). The van der Waals surface area contributed by atoms with Crippen molar-refractivity contribution < 1.29 is 27.1 Å². The molecule has 214 valence electrons. The van der Waals surface area contributed by atoms with Gasteiger partial charge in [-0.05, 0) is 82.1 Å². The van der Waals surface area contributed by atoms with Gasteiger partial charge in [0.05, 0.1) is 17.7 Å². The van der Waals surface area contributed by atoms with E-state index in [-0.39, 0.29) is 28.9 Å². The summed E-state index contributed by atoms with van der Waals surface area (Å²) >= 11 is 0. The number of benzene rings is 3. The number of anilines is 1. The quantitative estimate of drug-likeness (QED) is 0.365. The third kappa shape index (κ3) is 7.38. The summed E-state index contributed by atoms with van der Waals surface area (Å²) in [7, 11) is -2.81. The van der Waals surface area contributed by atoms with Crippen LogP contribution < -0.4 is 14.4 Å². The van der Waals surface area contributed by atoms with E-state index in [1.807, 2.05) is 6.92 Å². The van der Waals surface area contributed by atoms with Crippen molar-refractivity contribution in [1.29, 1.82) is 0 Å². The van der Waals surface area contributed by atoms with E-state index in [0.717, 1.165) is 15.4 Å². The Morgan fingerprint density at radius 2 is 1.52 bits per heavy atom. The van der Waals surface area contributed by atoms with Gasteiger partial charge in [-0.1, -0.05) is 35.9 Å². The minimum Gasteiger partial charge on any atom is -0.495 e. The van der Waals surface area contributed by atoms with Gasteiger partial charge >= 0.3 is 0 Å². The van der Waals surface area contributed by atoms with Crippen LogP contribution in [-0.2, 0) is 26.2 Å². The van der Waals surface area contributed by atoms with E-state index in [1.165, 1.54) is 48.4 Å². The Labute approximate surface area is 235 Å². The second-order valence-corrected chi connectivity index (χ2v) is 11.8. The first-order valence-electron chi connectivity index (χ1n) is 12.9. The molecule has 0 saturated heterocycles. The SMILES string of the molecule is COc1ccc(C)cc1N(CC(=O)N(Cc1ccc(F)cc1)C(C)C(=O)NC(C)C)S(=O)(=O)c1ccc(C)cc1. The Balaban J connectivity index is 2.10. The normalized spacial score (nSPS) is 12.1. The van der Waals surface area contributed by atoms with Crippen LogP contribution in [0.25, 0.3) is 0 Å². The second-order valence-electron chi connectivity index (χ2n) is 9.99. The van der Waals surface area contributed by atoms with E-state index in [2.05, 4.69) is 5.32 Å². The smallest absolute Gasteiger partial charge is 0.264 e. The number of nitrogens with zero attached hydrogens (tertiary/aromatic N) is 2. The van der Waals surface area contributed by atoms with Crippen LogP contribution in [-0.4, -0.2) is 50.9 Å². The summed E-state index contributed by atoms with van der Waals surface area (Å²) in [6.45, 7) is 8.20. The third-order valence-electron chi connectivity index (χ3n) is 6.36. The number of amides is 2. The fraction of sp³-hybridized carbons (Fsp3) is 0.333. The van der Waals surface area contributed by atoms with Crippen LogP contribution in [0, 0.1) is 19.7 Å². The molecule has 8 nitrogen and oxygen atoms in total. The number of halogens is 1. The van der Waals surface area contributed by atoms with Crippen LogP contribution in [0.5, 0.6) is 5.75 Å². The fourth-order valence-electron chi connectivity index (χ4n) is 4.12. The summed E-state index contributed by atoms with van der Waals surface area (Å²) in [6.07, 6.45) is 0. The number of sulfonamides is 1. The second kappa shape index (κ2) is 13.0. The number of aryl methyl sites for hydroxylation is 2. The molecule has 1 atom stereocenters. The number of hydrogen-bond acceptors (Lipinski definition) is 5. The van der Waals surface area contributed by atoms with Crippen LogP contribution >= 0.6 is 0 Å². The van der Waals surface area contributed by atoms with Crippen LogP contribution in [0.2, 0.25) is 0 Å². The van der Waals surface area contributed by atoms with E-state index in [1.54, 1.807) is 58.0 Å². The highest BCUT2D eigenvalue weighted by Gasteiger charge is 2.34. The van der Waals surface area contributed by atoms with Crippen molar-refractivity contribution in [3.05, 3.63) is 89.2 Å². The lowest BCUT2D eigenvalue weighted by Crippen LogP contribution is -2.52. The maximum absolute atomic E-state index is 14.0. The van der Waals surface area contributed by atoms with Gasteiger partial charge in [0.2, 0.25) is 11.8 Å². The molecule has 0 aliphatic rings. The van der Waals surface area contributed by atoms with Gasteiger partial charge in [0.1, 0.15) is 24.2 Å². The van der Waals surface area contributed by atoms with Crippen LogP contribution in [0.1, 0.15) is 37.5 Å².